The summed E-state index contributed by atoms with van der Waals surface area (Å²) in [6.45, 7) is -0.209. The van der Waals surface area contributed by atoms with Gasteiger partial charge in [0.15, 0.2) is 5.82 Å². The molecule has 2 amide bonds. The van der Waals surface area contributed by atoms with Gasteiger partial charge in [-0.1, -0.05) is 5.21 Å². The maximum atomic E-state index is 12.7. The third kappa shape index (κ3) is 3.48. The monoisotopic (exact) mass is 370 g/mol. The molecule has 1 saturated carbocycles. The number of alkyl halides is 3. The number of hydrogen-bond acceptors (Lipinski definition) is 5. The lowest BCUT2D eigenvalue weighted by molar-refractivity contribution is -0.143. The summed E-state index contributed by atoms with van der Waals surface area (Å²) < 4.78 is 39.1. The second-order valence-corrected chi connectivity index (χ2v) is 6.62. The number of urea groups is 1. The fraction of sp³-hybridized carbons (Fsp3) is 0.643. The average Bonchev–Trinajstić information content (AvgIpc) is 3.01. The van der Waals surface area contributed by atoms with E-state index in [9.17, 15) is 18.0 Å². The number of likely N-dealkylation sites (tertiary alicyclic amines) is 1. The number of amides is 2. The van der Waals surface area contributed by atoms with E-state index in [0.29, 0.717) is 36.7 Å². The molecule has 2 aromatic rings. The van der Waals surface area contributed by atoms with Crippen LogP contribution >= 0.6 is 0 Å². The number of hydrogen-bond donors (Lipinski definition) is 2. The highest BCUT2D eigenvalue weighted by atomic mass is 19.4. The van der Waals surface area contributed by atoms with Crippen molar-refractivity contribution in [3.63, 3.8) is 0 Å². The van der Waals surface area contributed by atoms with Gasteiger partial charge in [0.05, 0.1) is 17.6 Å². The number of H-pyrrole nitrogens is 1. The van der Waals surface area contributed by atoms with Crippen molar-refractivity contribution in [2.75, 3.05) is 18.4 Å². The molecule has 2 aliphatic rings. The zero-order valence-corrected chi connectivity index (χ0v) is 13.7. The maximum absolute atomic E-state index is 12.7. The van der Waals surface area contributed by atoms with Crippen LogP contribution in [-0.2, 0) is 6.54 Å². The Morgan fingerprint density at radius 1 is 1.31 bits per heavy atom. The lowest BCUT2D eigenvalue weighted by atomic mass is 10.1. The number of halogens is 3. The van der Waals surface area contributed by atoms with Gasteiger partial charge in [-0.2, -0.15) is 23.5 Å². The van der Waals surface area contributed by atoms with E-state index in [-0.39, 0.29) is 17.9 Å². The van der Waals surface area contributed by atoms with Crippen molar-refractivity contribution in [1.29, 1.82) is 0 Å². The van der Waals surface area contributed by atoms with Crippen LogP contribution in [0.2, 0.25) is 0 Å². The van der Waals surface area contributed by atoms with E-state index in [1.54, 1.807) is 4.90 Å². The van der Waals surface area contributed by atoms with Crippen molar-refractivity contribution in [2.45, 2.75) is 43.8 Å². The Labute approximate surface area is 145 Å². The lowest BCUT2D eigenvalue weighted by Gasteiger charge is -2.17. The zero-order valence-electron chi connectivity index (χ0n) is 13.7. The van der Waals surface area contributed by atoms with Gasteiger partial charge < -0.3 is 10.2 Å². The molecule has 12 heteroatoms. The van der Waals surface area contributed by atoms with Gasteiger partial charge >= 0.3 is 12.2 Å². The number of nitrogens with zero attached hydrogens (tertiary/aromatic N) is 6. The minimum atomic E-state index is -4.36. The van der Waals surface area contributed by atoms with Crippen molar-refractivity contribution in [1.82, 2.24) is 35.3 Å². The molecule has 0 spiro atoms. The van der Waals surface area contributed by atoms with Gasteiger partial charge in [-0.05, 0) is 19.3 Å². The first kappa shape index (κ1) is 16.8. The van der Waals surface area contributed by atoms with Crippen LogP contribution in [0.3, 0.4) is 0 Å². The predicted molar refractivity (Wildman–Crippen MR) is 82.4 cm³/mol. The Morgan fingerprint density at radius 3 is 2.77 bits per heavy atom. The SMILES string of the molecule is O=C(Nc1cnn(CC(F)(F)F)c1C1CC1)N1CCC(c2nn[nH]n2)C1. The first-order valence-corrected chi connectivity index (χ1v) is 8.32. The Hall–Kier alpha value is -2.66. The van der Waals surface area contributed by atoms with Crippen molar-refractivity contribution in [2.24, 2.45) is 0 Å². The Morgan fingerprint density at radius 2 is 2.12 bits per heavy atom. The highest BCUT2D eigenvalue weighted by Crippen LogP contribution is 2.44. The summed E-state index contributed by atoms with van der Waals surface area (Å²) in [6.07, 6.45) is -0.754. The van der Waals surface area contributed by atoms with Gasteiger partial charge in [-0.15, -0.1) is 10.2 Å². The molecule has 0 bridgehead atoms. The van der Waals surface area contributed by atoms with Gasteiger partial charge in [0.2, 0.25) is 0 Å². The molecule has 1 atom stereocenters. The molecule has 2 fully saturated rings. The van der Waals surface area contributed by atoms with E-state index in [1.165, 1.54) is 6.20 Å². The molecule has 1 unspecified atom stereocenters. The molecule has 1 aliphatic heterocycles. The van der Waals surface area contributed by atoms with Crippen LogP contribution < -0.4 is 5.32 Å². The lowest BCUT2D eigenvalue weighted by Crippen LogP contribution is -2.33. The van der Waals surface area contributed by atoms with Crippen LogP contribution in [0.4, 0.5) is 23.7 Å². The predicted octanol–water partition coefficient (Wildman–Crippen LogP) is 1.86. The van der Waals surface area contributed by atoms with Crippen LogP contribution in [0.1, 0.15) is 42.6 Å². The summed E-state index contributed by atoms with van der Waals surface area (Å²) >= 11 is 0. The van der Waals surface area contributed by atoms with E-state index in [1.807, 2.05) is 0 Å². The second kappa shape index (κ2) is 6.25. The van der Waals surface area contributed by atoms with E-state index >= 15 is 0 Å². The average molecular weight is 370 g/mol. The number of carbonyl (C=O) groups excluding carboxylic acids is 1. The molecular weight excluding hydrogens is 353 g/mol. The molecule has 0 aromatic carbocycles. The first-order chi connectivity index (χ1) is 12.4. The summed E-state index contributed by atoms with van der Waals surface area (Å²) in [7, 11) is 0. The fourth-order valence-electron chi connectivity index (χ4n) is 3.27. The smallest absolute Gasteiger partial charge is 0.324 e. The summed E-state index contributed by atoms with van der Waals surface area (Å²) in [5.74, 6) is 0.563. The molecule has 0 radical (unpaired) electrons. The van der Waals surface area contributed by atoms with Gasteiger partial charge in [-0.3, -0.25) is 4.68 Å². The molecule has 9 nitrogen and oxygen atoms in total. The molecule has 4 rings (SSSR count). The maximum Gasteiger partial charge on any atom is 0.408 e. The Balaban J connectivity index is 1.45. The second-order valence-electron chi connectivity index (χ2n) is 6.62. The summed E-state index contributed by atoms with van der Waals surface area (Å²) in [6, 6.07) is -0.357. The minimum Gasteiger partial charge on any atom is -0.324 e. The number of carbonyl (C=O) groups is 1. The third-order valence-electron chi connectivity index (χ3n) is 4.62. The molecule has 1 aliphatic carbocycles. The van der Waals surface area contributed by atoms with Crippen molar-refractivity contribution in [3.8, 4) is 0 Å². The Bertz CT molecular complexity index is 783. The quantitative estimate of drug-likeness (QED) is 0.855. The normalized spacial score (nSPS) is 20.6. The van der Waals surface area contributed by atoms with Gasteiger partial charge in [0.25, 0.3) is 0 Å². The van der Waals surface area contributed by atoms with E-state index in [0.717, 1.165) is 17.5 Å². The number of rotatable bonds is 4. The third-order valence-corrected chi connectivity index (χ3v) is 4.62. The van der Waals surface area contributed by atoms with E-state index in [2.05, 4.69) is 31.0 Å². The van der Waals surface area contributed by atoms with Gasteiger partial charge in [0, 0.05) is 24.9 Å². The molecule has 2 aromatic heterocycles. The number of tetrazole rings is 1. The topological polar surface area (TPSA) is 105 Å². The van der Waals surface area contributed by atoms with Crippen LogP contribution in [0, 0.1) is 0 Å². The van der Waals surface area contributed by atoms with Crippen LogP contribution in [0.5, 0.6) is 0 Å². The zero-order chi connectivity index (χ0) is 18.3. The minimum absolute atomic E-state index is 0.00430. The first-order valence-electron chi connectivity index (χ1n) is 8.32. The van der Waals surface area contributed by atoms with Gasteiger partial charge in [0.1, 0.15) is 6.54 Å². The van der Waals surface area contributed by atoms with E-state index < -0.39 is 12.7 Å². The molecule has 140 valence electrons. The van der Waals surface area contributed by atoms with Crippen LogP contribution in [0.25, 0.3) is 0 Å². The number of aromatic nitrogens is 6. The van der Waals surface area contributed by atoms with Crippen molar-refractivity contribution in [3.05, 3.63) is 17.7 Å². The van der Waals surface area contributed by atoms with Crippen molar-refractivity contribution < 1.29 is 18.0 Å². The number of nitrogens with one attached hydrogen (secondary N) is 2. The summed E-state index contributed by atoms with van der Waals surface area (Å²) in [4.78, 5) is 14.1. The summed E-state index contributed by atoms with van der Waals surface area (Å²) in [5.41, 5.74) is 0.800. The number of aromatic amines is 1. The van der Waals surface area contributed by atoms with Gasteiger partial charge in [-0.25, -0.2) is 4.79 Å². The van der Waals surface area contributed by atoms with Crippen LogP contribution in [0.15, 0.2) is 6.20 Å². The van der Waals surface area contributed by atoms with E-state index in [4.69, 9.17) is 0 Å². The Kier molecular flexibility index (Phi) is 4.04. The molecule has 26 heavy (non-hydrogen) atoms. The largest absolute Gasteiger partial charge is 0.408 e. The molecule has 3 heterocycles. The van der Waals surface area contributed by atoms with Crippen LogP contribution in [-0.4, -0.2) is 60.6 Å². The highest BCUT2D eigenvalue weighted by molar-refractivity contribution is 5.90. The molecule has 1 saturated heterocycles. The van der Waals surface area contributed by atoms with Crippen molar-refractivity contribution >= 4 is 11.7 Å². The molecular formula is C14H17F3N8O. The highest BCUT2D eigenvalue weighted by Gasteiger charge is 2.36. The number of anilines is 1. The standard InChI is InChI=1S/C14H17F3N8O/c15-14(16,17)7-25-11(8-1-2-8)10(5-18-25)19-13(26)24-4-3-9(6-24)12-20-22-23-21-12/h5,8-9H,1-4,6-7H2,(H,19,26)(H,20,21,22,23). The molecule has 2 N–H and O–H groups in total. The summed E-state index contributed by atoms with van der Waals surface area (Å²) in [5, 5.41) is 20.3. The fourth-order valence-corrected chi connectivity index (χ4v) is 3.27.